The first-order chi connectivity index (χ1) is 9.20. The van der Waals surface area contributed by atoms with E-state index in [1.165, 1.54) is 55.5 Å². The Hall–Kier alpha value is -0.860. The van der Waals surface area contributed by atoms with Gasteiger partial charge in [0.1, 0.15) is 0 Å². The fourth-order valence-corrected chi connectivity index (χ4v) is 3.14. The van der Waals surface area contributed by atoms with Crippen LogP contribution in [0.15, 0.2) is 18.2 Å². The highest BCUT2D eigenvalue weighted by atomic mass is 15.1. The number of rotatable bonds is 4. The van der Waals surface area contributed by atoms with E-state index >= 15 is 0 Å². The number of aryl methyl sites for hydroxylation is 2. The minimum atomic E-state index is 0.457. The van der Waals surface area contributed by atoms with E-state index in [9.17, 15) is 0 Å². The third kappa shape index (κ3) is 4.05. The first-order valence-corrected chi connectivity index (χ1v) is 7.67. The predicted octanol–water partition coefficient (Wildman–Crippen LogP) is 3.44. The second kappa shape index (κ2) is 7.06. The van der Waals surface area contributed by atoms with Gasteiger partial charge in [-0.1, -0.05) is 36.6 Å². The van der Waals surface area contributed by atoms with E-state index in [0.717, 1.165) is 6.54 Å². The molecule has 0 aliphatic carbocycles. The van der Waals surface area contributed by atoms with Crippen LogP contribution >= 0.6 is 0 Å². The fourth-order valence-electron chi connectivity index (χ4n) is 3.14. The molecule has 1 aliphatic heterocycles. The summed E-state index contributed by atoms with van der Waals surface area (Å²) in [6, 6.07) is 7.28. The molecule has 0 saturated carbocycles. The summed E-state index contributed by atoms with van der Waals surface area (Å²) < 4.78 is 0. The molecule has 2 rings (SSSR count). The highest BCUT2D eigenvalue weighted by Crippen LogP contribution is 2.21. The number of likely N-dealkylation sites (N-methyl/N-ethyl adjacent to an activating group) is 1. The van der Waals surface area contributed by atoms with Crippen molar-refractivity contribution in [3.05, 3.63) is 34.9 Å². The van der Waals surface area contributed by atoms with Gasteiger partial charge in [-0.25, -0.2) is 0 Å². The minimum Gasteiger partial charge on any atom is -0.312 e. The average molecular weight is 260 g/mol. The molecule has 1 unspecified atom stereocenters. The lowest BCUT2D eigenvalue weighted by atomic mass is 9.99. The van der Waals surface area contributed by atoms with E-state index in [4.69, 9.17) is 0 Å². The second-order valence-corrected chi connectivity index (χ2v) is 5.92. The van der Waals surface area contributed by atoms with Gasteiger partial charge in [0, 0.05) is 12.6 Å². The maximum atomic E-state index is 3.50. The summed E-state index contributed by atoms with van der Waals surface area (Å²) in [5, 5.41) is 3.50. The lowest BCUT2D eigenvalue weighted by Crippen LogP contribution is -2.34. The molecule has 106 valence electrons. The Labute approximate surface area is 118 Å². The van der Waals surface area contributed by atoms with Crippen LogP contribution in [0.3, 0.4) is 0 Å². The third-order valence-corrected chi connectivity index (χ3v) is 4.29. The van der Waals surface area contributed by atoms with Crippen LogP contribution in [0.2, 0.25) is 0 Å². The Morgan fingerprint density at radius 1 is 1.11 bits per heavy atom. The number of nitrogens with one attached hydrogen (secondary N) is 1. The Balaban J connectivity index is 2.06. The monoisotopic (exact) mass is 260 g/mol. The molecule has 0 bridgehead atoms. The smallest absolute Gasteiger partial charge is 0.0449 e. The van der Waals surface area contributed by atoms with E-state index in [1.807, 2.05) is 0 Å². The van der Waals surface area contributed by atoms with Crippen molar-refractivity contribution in [1.82, 2.24) is 10.2 Å². The molecule has 0 radical (unpaired) electrons. The van der Waals surface area contributed by atoms with Crippen LogP contribution in [0.25, 0.3) is 0 Å². The fraction of sp³-hybridized carbons (Fsp3) is 0.647. The Morgan fingerprint density at radius 2 is 1.79 bits per heavy atom. The summed E-state index contributed by atoms with van der Waals surface area (Å²) in [5.41, 5.74) is 4.22. The van der Waals surface area contributed by atoms with Gasteiger partial charge < -0.3 is 10.2 Å². The summed E-state index contributed by atoms with van der Waals surface area (Å²) in [5.74, 6) is 0. The molecule has 1 saturated heterocycles. The predicted molar refractivity (Wildman–Crippen MR) is 82.6 cm³/mol. The molecular weight excluding hydrogens is 232 g/mol. The Kier molecular flexibility index (Phi) is 5.41. The van der Waals surface area contributed by atoms with Crippen LogP contribution in [0, 0.1) is 13.8 Å². The van der Waals surface area contributed by atoms with Crippen molar-refractivity contribution >= 4 is 0 Å². The lowest BCUT2D eigenvalue weighted by Gasteiger charge is -2.27. The SMILES string of the molecule is CNC(CN1CCCCCC1)c1ccc(C)cc1C. The molecule has 0 aromatic heterocycles. The molecule has 0 amide bonds. The van der Waals surface area contributed by atoms with Crippen molar-refractivity contribution in [2.24, 2.45) is 0 Å². The quantitative estimate of drug-likeness (QED) is 0.892. The highest BCUT2D eigenvalue weighted by Gasteiger charge is 2.17. The van der Waals surface area contributed by atoms with Crippen LogP contribution in [-0.4, -0.2) is 31.6 Å². The molecule has 1 aliphatic rings. The van der Waals surface area contributed by atoms with Gasteiger partial charge in [-0.05, 0) is 58.0 Å². The van der Waals surface area contributed by atoms with Gasteiger partial charge in [0.2, 0.25) is 0 Å². The van der Waals surface area contributed by atoms with Crippen LogP contribution in [0.4, 0.5) is 0 Å². The summed E-state index contributed by atoms with van der Waals surface area (Å²) in [6.45, 7) is 8.07. The molecule has 1 aromatic rings. The van der Waals surface area contributed by atoms with Crippen molar-refractivity contribution in [3.8, 4) is 0 Å². The topological polar surface area (TPSA) is 15.3 Å². The number of nitrogens with zero attached hydrogens (tertiary/aromatic N) is 1. The maximum absolute atomic E-state index is 3.50. The first-order valence-electron chi connectivity index (χ1n) is 7.67. The molecule has 0 spiro atoms. The van der Waals surface area contributed by atoms with Crippen LogP contribution in [0.1, 0.15) is 48.4 Å². The van der Waals surface area contributed by atoms with Gasteiger partial charge >= 0.3 is 0 Å². The standard InChI is InChI=1S/C17H28N2/c1-14-8-9-16(15(2)12-14)17(18-3)13-19-10-6-4-5-7-11-19/h8-9,12,17-18H,4-7,10-11,13H2,1-3H3. The molecule has 1 atom stereocenters. The van der Waals surface area contributed by atoms with Gasteiger partial charge in [0.15, 0.2) is 0 Å². The molecule has 19 heavy (non-hydrogen) atoms. The van der Waals surface area contributed by atoms with Gasteiger partial charge in [0.05, 0.1) is 0 Å². The summed E-state index contributed by atoms with van der Waals surface area (Å²) in [6.07, 6.45) is 5.54. The second-order valence-electron chi connectivity index (χ2n) is 5.92. The highest BCUT2D eigenvalue weighted by molar-refractivity contribution is 5.33. The van der Waals surface area contributed by atoms with Crippen molar-refractivity contribution in [3.63, 3.8) is 0 Å². The molecule has 1 fully saturated rings. The maximum Gasteiger partial charge on any atom is 0.0449 e. The zero-order valence-corrected chi connectivity index (χ0v) is 12.7. The van der Waals surface area contributed by atoms with E-state index in [2.05, 4.69) is 49.3 Å². The molecule has 1 aromatic carbocycles. The number of hydrogen-bond donors (Lipinski definition) is 1. The van der Waals surface area contributed by atoms with Crippen LogP contribution in [0.5, 0.6) is 0 Å². The Morgan fingerprint density at radius 3 is 2.37 bits per heavy atom. The number of hydrogen-bond acceptors (Lipinski definition) is 2. The van der Waals surface area contributed by atoms with E-state index in [1.54, 1.807) is 0 Å². The van der Waals surface area contributed by atoms with Gasteiger partial charge in [-0.15, -0.1) is 0 Å². The minimum absolute atomic E-state index is 0.457. The van der Waals surface area contributed by atoms with Crippen molar-refractivity contribution in [2.45, 2.75) is 45.6 Å². The Bertz CT molecular complexity index is 392. The first kappa shape index (κ1) is 14.5. The number of likely N-dealkylation sites (tertiary alicyclic amines) is 1. The largest absolute Gasteiger partial charge is 0.312 e. The molecule has 2 heteroatoms. The van der Waals surface area contributed by atoms with Gasteiger partial charge in [-0.3, -0.25) is 0 Å². The molecule has 1 heterocycles. The van der Waals surface area contributed by atoms with E-state index < -0.39 is 0 Å². The van der Waals surface area contributed by atoms with Gasteiger partial charge in [0.25, 0.3) is 0 Å². The van der Waals surface area contributed by atoms with Crippen molar-refractivity contribution in [2.75, 3.05) is 26.7 Å². The third-order valence-electron chi connectivity index (χ3n) is 4.29. The van der Waals surface area contributed by atoms with E-state index in [-0.39, 0.29) is 0 Å². The molecule has 1 N–H and O–H groups in total. The summed E-state index contributed by atoms with van der Waals surface area (Å²) in [7, 11) is 2.09. The molecule has 2 nitrogen and oxygen atoms in total. The summed E-state index contributed by atoms with van der Waals surface area (Å²) in [4.78, 5) is 2.63. The molecular formula is C17H28N2. The van der Waals surface area contributed by atoms with Crippen LogP contribution < -0.4 is 5.32 Å². The van der Waals surface area contributed by atoms with Crippen LogP contribution in [-0.2, 0) is 0 Å². The average Bonchev–Trinajstić information content (AvgIpc) is 2.65. The van der Waals surface area contributed by atoms with Crippen molar-refractivity contribution < 1.29 is 0 Å². The zero-order valence-electron chi connectivity index (χ0n) is 12.7. The van der Waals surface area contributed by atoms with E-state index in [0.29, 0.717) is 6.04 Å². The van der Waals surface area contributed by atoms with Gasteiger partial charge in [-0.2, -0.15) is 0 Å². The summed E-state index contributed by atoms with van der Waals surface area (Å²) >= 11 is 0. The lowest BCUT2D eigenvalue weighted by molar-refractivity contribution is 0.255. The van der Waals surface area contributed by atoms with Crippen molar-refractivity contribution in [1.29, 1.82) is 0 Å². The normalized spacial score (nSPS) is 19.1. The number of benzene rings is 1. The zero-order chi connectivity index (χ0) is 13.7.